The van der Waals surface area contributed by atoms with Crippen molar-refractivity contribution in [2.45, 2.75) is 0 Å². The summed E-state index contributed by atoms with van der Waals surface area (Å²) < 4.78 is 0. The van der Waals surface area contributed by atoms with Gasteiger partial charge in [0.25, 0.3) is 0 Å². The average Bonchev–Trinajstić information content (AvgIpc) is 2.68. The van der Waals surface area contributed by atoms with Crippen LogP contribution < -0.4 is 15.9 Å². The fourth-order valence-electron chi connectivity index (χ4n) is 3.66. The van der Waals surface area contributed by atoms with Gasteiger partial charge in [0.15, 0.2) is 0 Å². The van der Waals surface area contributed by atoms with Crippen molar-refractivity contribution < 1.29 is 0 Å². The molecular weight excluding hydrogens is 338 g/mol. The van der Waals surface area contributed by atoms with E-state index in [1.807, 2.05) is 0 Å². The van der Waals surface area contributed by atoms with Crippen molar-refractivity contribution in [2.24, 2.45) is 0 Å². The van der Waals surface area contributed by atoms with Crippen LogP contribution in [0.3, 0.4) is 0 Å². The third-order valence-electron chi connectivity index (χ3n) is 5.63. The predicted octanol–water partition coefficient (Wildman–Crippen LogP) is 4.35. The van der Waals surface area contributed by atoms with Crippen LogP contribution in [0, 0.1) is 0 Å². The van der Waals surface area contributed by atoms with Crippen LogP contribution in [0.5, 0.6) is 0 Å². The van der Waals surface area contributed by atoms with Crippen LogP contribution in [0.25, 0.3) is 0 Å². The monoisotopic (exact) mass is 368 g/mol. The minimum atomic E-state index is -1.71. The molecule has 3 aromatic carbocycles. The standard InChI is InChI=1S/C23H30P2/c1-24(2,21-13-7-4-8-14-21)19-20-25(3,22-15-9-5-10-16-22)23-17-11-6-12-18-23/h4-18,24-25H,19-20H2,1-3H3. The molecule has 0 saturated heterocycles. The summed E-state index contributed by atoms with van der Waals surface area (Å²) in [5, 5.41) is 4.69. The summed E-state index contributed by atoms with van der Waals surface area (Å²) in [6.07, 6.45) is 2.65. The Hall–Kier alpha value is -1.48. The van der Waals surface area contributed by atoms with E-state index < -0.39 is 14.5 Å². The predicted molar refractivity (Wildman–Crippen MR) is 122 cm³/mol. The maximum atomic E-state index is 2.55. The zero-order valence-electron chi connectivity index (χ0n) is 15.6. The quantitative estimate of drug-likeness (QED) is 0.568. The van der Waals surface area contributed by atoms with Gasteiger partial charge in [-0.25, -0.2) is 0 Å². The zero-order chi connectivity index (χ0) is 17.8. The summed E-state index contributed by atoms with van der Waals surface area (Å²) in [7, 11) is -3.13. The second-order valence-electron chi connectivity index (χ2n) is 7.81. The maximum absolute atomic E-state index is 2.55. The molecule has 0 aliphatic heterocycles. The van der Waals surface area contributed by atoms with Crippen molar-refractivity contribution >= 4 is 30.4 Å². The summed E-state index contributed by atoms with van der Waals surface area (Å²) >= 11 is 0. The van der Waals surface area contributed by atoms with Gasteiger partial charge in [-0.15, -0.1) is 0 Å². The van der Waals surface area contributed by atoms with E-state index in [-0.39, 0.29) is 0 Å². The molecule has 132 valence electrons. The van der Waals surface area contributed by atoms with Crippen molar-refractivity contribution in [3.63, 3.8) is 0 Å². The molecule has 0 nitrogen and oxygen atoms in total. The van der Waals surface area contributed by atoms with Gasteiger partial charge >= 0.3 is 154 Å². The summed E-state index contributed by atoms with van der Waals surface area (Å²) in [5.74, 6) is 0. The van der Waals surface area contributed by atoms with E-state index in [9.17, 15) is 0 Å². The van der Waals surface area contributed by atoms with Crippen LogP contribution >= 0.6 is 14.5 Å². The first-order valence-electron chi connectivity index (χ1n) is 9.19. The summed E-state index contributed by atoms with van der Waals surface area (Å²) in [6.45, 7) is 7.59. The van der Waals surface area contributed by atoms with E-state index in [0.717, 1.165) is 0 Å². The molecule has 0 N–H and O–H groups in total. The second-order valence-corrected chi connectivity index (χ2v) is 17.0. The van der Waals surface area contributed by atoms with Crippen LogP contribution in [0.15, 0.2) is 91.0 Å². The van der Waals surface area contributed by atoms with Gasteiger partial charge in [-0.3, -0.25) is 0 Å². The molecule has 2 heteroatoms. The Balaban J connectivity index is 1.92. The number of rotatable bonds is 6. The first-order valence-corrected chi connectivity index (χ1v) is 15.1. The average molecular weight is 368 g/mol. The molecule has 0 aliphatic rings. The summed E-state index contributed by atoms with van der Waals surface area (Å²) in [6, 6.07) is 33.6. The molecule has 0 amide bonds. The Morgan fingerprint density at radius 3 is 1.24 bits per heavy atom. The van der Waals surface area contributed by atoms with E-state index >= 15 is 0 Å². The van der Waals surface area contributed by atoms with Crippen LogP contribution in [0.2, 0.25) is 0 Å². The molecule has 0 saturated carbocycles. The zero-order valence-corrected chi connectivity index (χ0v) is 17.6. The summed E-state index contributed by atoms with van der Waals surface area (Å²) in [5.41, 5.74) is 0. The van der Waals surface area contributed by atoms with Crippen molar-refractivity contribution in [3.05, 3.63) is 91.0 Å². The van der Waals surface area contributed by atoms with Crippen LogP contribution in [-0.2, 0) is 0 Å². The molecule has 0 spiro atoms. The Kier molecular flexibility index (Phi) is 5.73. The third kappa shape index (κ3) is 4.20. The van der Waals surface area contributed by atoms with E-state index in [1.54, 1.807) is 15.9 Å². The first-order chi connectivity index (χ1) is 12.0. The van der Waals surface area contributed by atoms with Crippen molar-refractivity contribution in [2.75, 3.05) is 32.3 Å². The Morgan fingerprint density at radius 2 is 0.840 bits per heavy atom. The van der Waals surface area contributed by atoms with Gasteiger partial charge in [0.1, 0.15) is 0 Å². The van der Waals surface area contributed by atoms with E-state index in [1.165, 1.54) is 12.3 Å². The Labute approximate surface area is 154 Å². The van der Waals surface area contributed by atoms with Crippen LogP contribution in [0.1, 0.15) is 0 Å². The molecule has 3 aromatic rings. The fraction of sp³-hybridized carbons (Fsp3) is 0.217. The van der Waals surface area contributed by atoms with Crippen LogP contribution in [0.4, 0.5) is 0 Å². The van der Waals surface area contributed by atoms with Gasteiger partial charge in [0, 0.05) is 0 Å². The number of hydrogen-bond acceptors (Lipinski definition) is 0. The van der Waals surface area contributed by atoms with Crippen molar-refractivity contribution in [1.82, 2.24) is 0 Å². The first kappa shape index (κ1) is 18.3. The molecule has 0 radical (unpaired) electrons. The van der Waals surface area contributed by atoms with Gasteiger partial charge in [-0.05, 0) is 0 Å². The summed E-state index contributed by atoms with van der Waals surface area (Å²) in [4.78, 5) is 0. The molecule has 0 unspecified atom stereocenters. The molecule has 0 atom stereocenters. The van der Waals surface area contributed by atoms with E-state index in [0.29, 0.717) is 0 Å². The van der Waals surface area contributed by atoms with Crippen molar-refractivity contribution in [1.29, 1.82) is 0 Å². The molecule has 0 bridgehead atoms. The van der Waals surface area contributed by atoms with Gasteiger partial charge in [0.05, 0.1) is 0 Å². The van der Waals surface area contributed by atoms with Crippen LogP contribution in [-0.4, -0.2) is 32.3 Å². The molecule has 0 aliphatic carbocycles. The molecule has 25 heavy (non-hydrogen) atoms. The molecule has 0 aromatic heterocycles. The van der Waals surface area contributed by atoms with E-state index in [2.05, 4.69) is 111 Å². The number of hydrogen-bond donors (Lipinski definition) is 0. The van der Waals surface area contributed by atoms with Gasteiger partial charge in [-0.1, -0.05) is 0 Å². The van der Waals surface area contributed by atoms with Gasteiger partial charge < -0.3 is 0 Å². The van der Waals surface area contributed by atoms with E-state index in [4.69, 9.17) is 0 Å². The molecular formula is C23H30P2. The molecule has 0 fully saturated rings. The topological polar surface area (TPSA) is 0 Å². The molecule has 3 rings (SSSR count). The Morgan fingerprint density at radius 1 is 0.480 bits per heavy atom. The Bertz CT molecular complexity index is 741. The van der Waals surface area contributed by atoms with Gasteiger partial charge in [0.2, 0.25) is 0 Å². The SMILES string of the molecule is C[PH](C)(CC[PH](C)(c1ccccc1)c1ccccc1)c1ccccc1. The van der Waals surface area contributed by atoms with Crippen molar-refractivity contribution in [3.8, 4) is 0 Å². The third-order valence-corrected chi connectivity index (χ3v) is 14.0. The second kappa shape index (κ2) is 7.82. The molecule has 0 heterocycles. The fourth-order valence-corrected chi connectivity index (χ4v) is 12.3. The minimum absolute atomic E-state index is 1.31. The number of benzene rings is 3. The normalized spacial score (nSPS) is 13.4. The van der Waals surface area contributed by atoms with Gasteiger partial charge in [-0.2, -0.15) is 0 Å².